The molecule has 94 valence electrons. The van der Waals surface area contributed by atoms with Crippen molar-refractivity contribution in [3.05, 3.63) is 64.4 Å². The number of hydrogen-bond acceptors (Lipinski definition) is 3. The van der Waals surface area contributed by atoms with Gasteiger partial charge in [-0.15, -0.1) is 0 Å². The molecule has 0 spiro atoms. The van der Waals surface area contributed by atoms with E-state index in [0.29, 0.717) is 16.3 Å². The van der Waals surface area contributed by atoms with Crippen LogP contribution in [0.25, 0.3) is 0 Å². The minimum Gasteiger partial charge on any atom is -0.270 e. The summed E-state index contributed by atoms with van der Waals surface area (Å²) in [7, 11) is 0. The Balaban J connectivity index is 1.90. The number of hydrogen-bond donors (Lipinski definition) is 0. The molecule has 19 heavy (non-hydrogen) atoms. The van der Waals surface area contributed by atoms with Gasteiger partial charge in [0.05, 0.1) is 17.7 Å². The third-order valence-corrected chi connectivity index (χ3v) is 3.23. The van der Waals surface area contributed by atoms with Gasteiger partial charge in [-0.25, -0.2) is 4.98 Å². The first-order valence-corrected chi connectivity index (χ1v) is 6.10. The van der Waals surface area contributed by atoms with Crippen molar-refractivity contribution in [1.29, 1.82) is 0 Å². The molecule has 0 aliphatic carbocycles. The summed E-state index contributed by atoms with van der Waals surface area (Å²) in [5, 5.41) is 0.381. The van der Waals surface area contributed by atoms with Gasteiger partial charge in [0.15, 0.2) is 0 Å². The van der Waals surface area contributed by atoms with Gasteiger partial charge in [-0.3, -0.25) is 14.5 Å². The van der Waals surface area contributed by atoms with Crippen molar-refractivity contribution >= 4 is 23.4 Å². The molecule has 1 aromatic heterocycles. The molecular weight excluding hydrogens is 264 g/mol. The Hall–Kier alpha value is -2.20. The van der Waals surface area contributed by atoms with Gasteiger partial charge in [0, 0.05) is 6.20 Å². The van der Waals surface area contributed by atoms with Gasteiger partial charge in [0.1, 0.15) is 5.15 Å². The van der Waals surface area contributed by atoms with E-state index >= 15 is 0 Å². The molecule has 0 atom stereocenters. The summed E-state index contributed by atoms with van der Waals surface area (Å²) in [6, 6.07) is 10.2. The number of halogens is 1. The highest BCUT2D eigenvalue weighted by Crippen LogP contribution is 2.24. The molecule has 1 aliphatic rings. The molecule has 0 unspecified atom stereocenters. The zero-order chi connectivity index (χ0) is 13.4. The number of amides is 2. The van der Waals surface area contributed by atoms with Crippen molar-refractivity contribution in [3.8, 4) is 0 Å². The van der Waals surface area contributed by atoms with Crippen LogP contribution in [0.15, 0.2) is 42.6 Å². The van der Waals surface area contributed by atoms with Gasteiger partial charge >= 0.3 is 0 Å². The Kier molecular flexibility index (Phi) is 2.80. The first-order chi connectivity index (χ1) is 9.16. The highest BCUT2D eigenvalue weighted by molar-refractivity contribution is 6.29. The van der Waals surface area contributed by atoms with Crippen LogP contribution >= 0.6 is 11.6 Å². The minimum atomic E-state index is -0.268. The molecule has 0 bridgehead atoms. The van der Waals surface area contributed by atoms with Crippen LogP contribution < -0.4 is 0 Å². The lowest BCUT2D eigenvalue weighted by molar-refractivity contribution is 0.0642. The molecule has 0 saturated carbocycles. The number of nitrogens with zero attached hydrogens (tertiary/aromatic N) is 2. The molecule has 3 rings (SSSR count). The molecule has 1 aliphatic heterocycles. The summed E-state index contributed by atoms with van der Waals surface area (Å²) in [5.41, 5.74) is 1.67. The predicted octanol–water partition coefficient (Wildman–Crippen LogP) is 2.53. The van der Waals surface area contributed by atoms with Crippen LogP contribution in [0.3, 0.4) is 0 Å². The largest absolute Gasteiger partial charge is 0.270 e. The second-order valence-electron chi connectivity index (χ2n) is 4.23. The summed E-state index contributed by atoms with van der Waals surface area (Å²) >= 11 is 5.70. The van der Waals surface area contributed by atoms with Crippen LogP contribution in [0.5, 0.6) is 0 Å². The highest BCUT2D eigenvalue weighted by Gasteiger charge is 2.34. The number of rotatable bonds is 2. The number of carbonyl (C=O) groups is 2. The van der Waals surface area contributed by atoms with E-state index in [2.05, 4.69) is 4.98 Å². The summed E-state index contributed by atoms with van der Waals surface area (Å²) < 4.78 is 0. The van der Waals surface area contributed by atoms with E-state index in [1.54, 1.807) is 42.6 Å². The molecule has 0 fully saturated rings. The summed E-state index contributed by atoms with van der Waals surface area (Å²) in [4.78, 5) is 29.4. The van der Waals surface area contributed by atoms with E-state index in [-0.39, 0.29) is 18.4 Å². The van der Waals surface area contributed by atoms with E-state index in [1.807, 2.05) is 0 Å². The Bertz CT molecular complexity index is 632. The van der Waals surface area contributed by atoms with E-state index in [0.717, 1.165) is 5.56 Å². The molecule has 5 heteroatoms. The van der Waals surface area contributed by atoms with E-state index in [9.17, 15) is 9.59 Å². The molecule has 0 N–H and O–H groups in total. The molecule has 0 radical (unpaired) electrons. The third-order valence-electron chi connectivity index (χ3n) is 3.01. The molecule has 1 aromatic carbocycles. The predicted molar refractivity (Wildman–Crippen MR) is 69.9 cm³/mol. The molecule has 4 nitrogen and oxygen atoms in total. The summed E-state index contributed by atoms with van der Waals surface area (Å²) in [6.07, 6.45) is 1.56. The van der Waals surface area contributed by atoms with Gasteiger partial charge in [0.25, 0.3) is 11.8 Å². The molecule has 2 heterocycles. The normalized spacial score (nSPS) is 13.8. The van der Waals surface area contributed by atoms with Crippen molar-refractivity contribution < 1.29 is 9.59 Å². The zero-order valence-corrected chi connectivity index (χ0v) is 10.6. The fourth-order valence-electron chi connectivity index (χ4n) is 2.07. The number of imide groups is 1. The van der Waals surface area contributed by atoms with Crippen LogP contribution in [0.1, 0.15) is 26.3 Å². The second kappa shape index (κ2) is 4.48. The van der Waals surface area contributed by atoms with Crippen molar-refractivity contribution in [2.75, 3.05) is 0 Å². The number of fused-ring (bicyclic) bond motifs is 1. The SMILES string of the molecule is O=C1c2ccccc2C(=O)N1Cc1ccc(Cl)nc1. The van der Waals surface area contributed by atoms with Crippen molar-refractivity contribution in [3.63, 3.8) is 0 Å². The Morgan fingerprint density at radius 3 is 2.16 bits per heavy atom. The van der Waals surface area contributed by atoms with Crippen LogP contribution in [0, 0.1) is 0 Å². The minimum absolute atomic E-state index is 0.205. The first-order valence-electron chi connectivity index (χ1n) is 5.72. The average molecular weight is 273 g/mol. The molecule has 2 aromatic rings. The Morgan fingerprint density at radius 2 is 1.63 bits per heavy atom. The van der Waals surface area contributed by atoms with Gasteiger partial charge in [-0.05, 0) is 23.8 Å². The van der Waals surface area contributed by atoms with E-state index in [1.165, 1.54) is 4.90 Å². The van der Waals surface area contributed by atoms with E-state index < -0.39 is 0 Å². The van der Waals surface area contributed by atoms with E-state index in [4.69, 9.17) is 11.6 Å². The fourth-order valence-corrected chi connectivity index (χ4v) is 2.18. The summed E-state index contributed by atoms with van der Waals surface area (Å²) in [6.45, 7) is 0.205. The maximum Gasteiger partial charge on any atom is 0.261 e. The standard InChI is InChI=1S/C14H9ClN2O2/c15-12-6-5-9(7-16-12)8-17-13(18)10-3-1-2-4-11(10)14(17)19/h1-7H,8H2. The van der Waals surface area contributed by atoms with Crippen molar-refractivity contribution in [1.82, 2.24) is 9.88 Å². The Morgan fingerprint density at radius 1 is 1.00 bits per heavy atom. The third kappa shape index (κ3) is 2.00. The van der Waals surface area contributed by atoms with Gasteiger partial charge in [0.2, 0.25) is 0 Å². The average Bonchev–Trinajstić information content (AvgIpc) is 2.67. The number of carbonyl (C=O) groups excluding carboxylic acids is 2. The first kappa shape index (κ1) is 11.9. The highest BCUT2D eigenvalue weighted by atomic mass is 35.5. The fraction of sp³-hybridized carbons (Fsp3) is 0.0714. The number of benzene rings is 1. The van der Waals surface area contributed by atoms with Crippen LogP contribution in [-0.4, -0.2) is 21.7 Å². The van der Waals surface area contributed by atoms with Crippen LogP contribution in [-0.2, 0) is 6.54 Å². The maximum absolute atomic E-state index is 12.1. The number of aromatic nitrogens is 1. The topological polar surface area (TPSA) is 50.3 Å². The van der Waals surface area contributed by atoms with Gasteiger partial charge in [-0.1, -0.05) is 29.8 Å². The lowest BCUT2D eigenvalue weighted by Gasteiger charge is -2.13. The van der Waals surface area contributed by atoms with Crippen LogP contribution in [0.2, 0.25) is 5.15 Å². The lowest BCUT2D eigenvalue weighted by atomic mass is 10.1. The van der Waals surface area contributed by atoms with Crippen molar-refractivity contribution in [2.24, 2.45) is 0 Å². The Labute approximate surface area is 114 Å². The smallest absolute Gasteiger partial charge is 0.261 e. The zero-order valence-electron chi connectivity index (χ0n) is 9.84. The summed E-state index contributed by atoms with van der Waals surface area (Å²) in [5.74, 6) is -0.536. The lowest BCUT2D eigenvalue weighted by Crippen LogP contribution is -2.29. The van der Waals surface area contributed by atoms with Crippen LogP contribution in [0.4, 0.5) is 0 Å². The van der Waals surface area contributed by atoms with Crippen molar-refractivity contribution in [2.45, 2.75) is 6.54 Å². The maximum atomic E-state index is 12.1. The quantitative estimate of drug-likeness (QED) is 0.623. The molecular formula is C14H9ClN2O2. The van der Waals surface area contributed by atoms with Gasteiger partial charge in [-0.2, -0.15) is 0 Å². The second-order valence-corrected chi connectivity index (χ2v) is 4.62. The number of pyridine rings is 1. The monoisotopic (exact) mass is 272 g/mol. The molecule has 2 amide bonds. The molecule has 0 saturated heterocycles. The van der Waals surface area contributed by atoms with Gasteiger partial charge < -0.3 is 0 Å².